The predicted octanol–water partition coefficient (Wildman–Crippen LogP) is 5.33. The third-order valence-electron chi connectivity index (χ3n) is 5.65. The van der Waals surface area contributed by atoms with Crippen molar-refractivity contribution >= 4 is 29.0 Å². The fraction of sp³-hybridized carbons (Fsp3) is 0.280. The van der Waals surface area contributed by atoms with E-state index in [0.717, 1.165) is 37.6 Å². The van der Waals surface area contributed by atoms with E-state index in [4.69, 9.17) is 0 Å². The van der Waals surface area contributed by atoms with Crippen LogP contribution in [0.25, 0.3) is 0 Å². The molecule has 0 aromatic heterocycles. The molecule has 0 unspecified atom stereocenters. The Kier molecular flexibility index (Phi) is 6.82. The normalized spacial score (nSPS) is 14.7. The highest BCUT2D eigenvalue weighted by Crippen LogP contribution is 2.34. The fourth-order valence-electron chi connectivity index (χ4n) is 3.92. The van der Waals surface area contributed by atoms with Gasteiger partial charge in [0, 0.05) is 38.1 Å². The zero-order valence-corrected chi connectivity index (χ0v) is 18.5. The quantitative estimate of drug-likeness (QED) is 0.507. The number of rotatable bonds is 7. The lowest BCUT2D eigenvalue weighted by Crippen LogP contribution is -2.44. The Bertz CT molecular complexity index is 885. The topological polar surface area (TPSA) is 30.5 Å². The highest BCUT2D eigenvalue weighted by molar-refractivity contribution is 7.99. The number of anilines is 3. The van der Waals surface area contributed by atoms with Gasteiger partial charge in [-0.2, -0.15) is 0 Å². The van der Waals surface area contributed by atoms with Crippen LogP contribution >= 0.6 is 11.9 Å². The van der Waals surface area contributed by atoms with Gasteiger partial charge in [-0.3, -0.25) is 0 Å². The Morgan fingerprint density at radius 1 is 0.767 bits per heavy atom. The molecule has 30 heavy (non-hydrogen) atoms. The van der Waals surface area contributed by atoms with Gasteiger partial charge in [-0.05, 0) is 36.4 Å². The Balaban J connectivity index is 1.68. The van der Waals surface area contributed by atoms with E-state index in [1.165, 1.54) is 16.8 Å². The van der Waals surface area contributed by atoms with Crippen LogP contribution in [0.3, 0.4) is 0 Å². The zero-order chi connectivity index (χ0) is 20.8. The van der Waals surface area contributed by atoms with Gasteiger partial charge in [0.2, 0.25) is 0 Å². The molecule has 1 fully saturated rings. The van der Waals surface area contributed by atoms with E-state index in [0.29, 0.717) is 0 Å². The van der Waals surface area contributed by atoms with Crippen LogP contribution in [-0.4, -0.2) is 44.4 Å². The van der Waals surface area contributed by atoms with Gasteiger partial charge in [-0.15, -0.1) is 0 Å². The Morgan fingerprint density at radius 2 is 1.37 bits per heavy atom. The minimum absolute atomic E-state index is 0.0811. The first kappa shape index (κ1) is 20.6. The summed E-state index contributed by atoms with van der Waals surface area (Å²) in [5.74, 6) is 0. The molecule has 5 heteroatoms. The summed E-state index contributed by atoms with van der Waals surface area (Å²) in [5.41, 5.74) is 6.01. The van der Waals surface area contributed by atoms with Gasteiger partial charge in [0.05, 0.1) is 17.4 Å². The molecular weight excluding hydrogens is 388 g/mol. The summed E-state index contributed by atoms with van der Waals surface area (Å²) in [5, 5.41) is 3.84. The lowest BCUT2D eigenvalue weighted by molar-refractivity contribution is 0.313. The molecule has 3 aromatic rings. The van der Waals surface area contributed by atoms with Crippen LogP contribution in [0.5, 0.6) is 0 Å². The minimum atomic E-state index is 0.0811. The highest BCUT2D eigenvalue weighted by Gasteiger charge is 2.19. The third-order valence-corrected chi connectivity index (χ3v) is 6.07. The smallest absolute Gasteiger partial charge is 0.0768 e. The molecule has 4 nitrogen and oxygen atoms in total. The molecule has 0 saturated carbocycles. The summed E-state index contributed by atoms with van der Waals surface area (Å²) < 4.78 is 3.45. The second-order valence-electron chi connectivity index (χ2n) is 7.73. The van der Waals surface area contributed by atoms with Crippen LogP contribution in [0.15, 0.2) is 78.9 Å². The summed E-state index contributed by atoms with van der Waals surface area (Å²) >= 11 is 1.62. The number of hydrogen-bond acceptors (Lipinski definition) is 5. The molecule has 0 spiro atoms. The lowest BCUT2D eigenvalue weighted by Gasteiger charge is -2.34. The van der Waals surface area contributed by atoms with Gasteiger partial charge in [-0.1, -0.05) is 72.6 Å². The molecule has 4 rings (SSSR count). The first-order valence-corrected chi connectivity index (χ1v) is 11.7. The zero-order valence-electron chi connectivity index (χ0n) is 17.7. The Hall–Kier alpha value is -2.63. The van der Waals surface area contributed by atoms with Gasteiger partial charge < -0.3 is 19.8 Å². The van der Waals surface area contributed by atoms with E-state index < -0.39 is 0 Å². The molecular formula is C25H30N4S. The predicted molar refractivity (Wildman–Crippen MR) is 132 cm³/mol. The van der Waals surface area contributed by atoms with Crippen molar-refractivity contribution in [3.63, 3.8) is 0 Å². The van der Waals surface area contributed by atoms with E-state index >= 15 is 0 Å². The number of nitrogens with zero attached hydrogens (tertiary/aromatic N) is 2. The molecule has 0 amide bonds. The molecule has 3 aromatic carbocycles. The first-order valence-electron chi connectivity index (χ1n) is 10.5. The number of piperazine rings is 1. The summed E-state index contributed by atoms with van der Waals surface area (Å²) in [6.45, 7) is 4.33. The van der Waals surface area contributed by atoms with Gasteiger partial charge >= 0.3 is 0 Å². The van der Waals surface area contributed by atoms with Crippen LogP contribution in [-0.2, 0) is 0 Å². The molecule has 1 aliphatic rings. The first-order chi connectivity index (χ1) is 14.7. The van der Waals surface area contributed by atoms with Crippen molar-refractivity contribution in [2.75, 3.05) is 54.4 Å². The van der Waals surface area contributed by atoms with Crippen molar-refractivity contribution in [1.29, 1.82) is 0 Å². The fourth-order valence-corrected chi connectivity index (χ4v) is 4.32. The van der Waals surface area contributed by atoms with E-state index in [-0.39, 0.29) is 6.04 Å². The van der Waals surface area contributed by atoms with Crippen molar-refractivity contribution < 1.29 is 0 Å². The maximum atomic E-state index is 3.84. The molecule has 0 radical (unpaired) electrons. The molecule has 0 atom stereocenters. The van der Waals surface area contributed by atoms with Crippen molar-refractivity contribution in [3.8, 4) is 0 Å². The molecule has 0 bridgehead atoms. The maximum absolute atomic E-state index is 3.84. The molecule has 1 saturated heterocycles. The summed E-state index contributed by atoms with van der Waals surface area (Å²) in [6, 6.07) is 28.1. The van der Waals surface area contributed by atoms with Gasteiger partial charge in [0.1, 0.15) is 0 Å². The lowest BCUT2D eigenvalue weighted by atomic mass is 9.98. The van der Waals surface area contributed by atoms with Crippen molar-refractivity contribution in [3.05, 3.63) is 90.0 Å². The van der Waals surface area contributed by atoms with Crippen LogP contribution in [0, 0.1) is 0 Å². The van der Waals surface area contributed by atoms with Crippen LogP contribution < -0.4 is 14.9 Å². The standard InChI is InChI=1S/C25H30N4S/c1-28-15-17-29(18-16-28)22-13-14-23(27-30-2)24(19-22)26-25(20-9-5-3-6-10-20)21-11-7-4-8-12-21/h3-14,19,25-27H,15-18H2,1-2H3. The van der Waals surface area contributed by atoms with Gasteiger partial charge in [0.15, 0.2) is 0 Å². The average molecular weight is 419 g/mol. The second kappa shape index (κ2) is 9.92. The largest absolute Gasteiger partial charge is 0.372 e. The Morgan fingerprint density at radius 3 is 1.93 bits per heavy atom. The molecule has 0 aliphatic carbocycles. The van der Waals surface area contributed by atoms with E-state index in [2.05, 4.69) is 112 Å². The number of benzene rings is 3. The SMILES string of the molecule is CSNc1ccc(N2CCN(C)CC2)cc1NC(c1ccccc1)c1ccccc1. The molecule has 2 N–H and O–H groups in total. The second-order valence-corrected chi connectivity index (χ2v) is 8.34. The maximum Gasteiger partial charge on any atom is 0.0768 e. The summed E-state index contributed by atoms with van der Waals surface area (Å²) in [7, 11) is 2.19. The van der Waals surface area contributed by atoms with Crippen LogP contribution in [0.4, 0.5) is 17.1 Å². The van der Waals surface area contributed by atoms with Crippen LogP contribution in [0.2, 0.25) is 0 Å². The van der Waals surface area contributed by atoms with E-state index in [9.17, 15) is 0 Å². The van der Waals surface area contributed by atoms with E-state index in [1.54, 1.807) is 11.9 Å². The third kappa shape index (κ3) is 4.91. The molecule has 156 valence electrons. The number of hydrogen-bond donors (Lipinski definition) is 2. The number of likely N-dealkylation sites (N-methyl/N-ethyl adjacent to an activating group) is 1. The van der Waals surface area contributed by atoms with Crippen LogP contribution in [0.1, 0.15) is 17.2 Å². The van der Waals surface area contributed by atoms with Gasteiger partial charge in [0.25, 0.3) is 0 Å². The van der Waals surface area contributed by atoms with E-state index in [1.807, 2.05) is 0 Å². The summed E-state index contributed by atoms with van der Waals surface area (Å²) in [6.07, 6.45) is 2.06. The van der Waals surface area contributed by atoms with Crippen molar-refractivity contribution in [2.24, 2.45) is 0 Å². The van der Waals surface area contributed by atoms with Crippen molar-refractivity contribution in [2.45, 2.75) is 6.04 Å². The monoisotopic (exact) mass is 418 g/mol. The van der Waals surface area contributed by atoms with Gasteiger partial charge in [-0.25, -0.2) is 0 Å². The minimum Gasteiger partial charge on any atom is -0.372 e. The number of nitrogens with one attached hydrogen (secondary N) is 2. The summed E-state index contributed by atoms with van der Waals surface area (Å²) in [4.78, 5) is 4.87. The molecule has 1 heterocycles. The highest BCUT2D eigenvalue weighted by atomic mass is 32.2. The Labute approximate surface area is 184 Å². The van der Waals surface area contributed by atoms with Crippen molar-refractivity contribution in [1.82, 2.24) is 4.90 Å². The molecule has 1 aliphatic heterocycles. The average Bonchev–Trinajstić information content (AvgIpc) is 2.80.